The minimum atomic E-state index is -0.476. The van der Waals surface area contributed by atoms with Gasteiger partial charge < -0.3 is 9.47 Å². The molecule has 3 heterocycles. The van der Waals surface area contributed by atoms with Crippen molar-refractivity contribution in [3.63, 3.8) is 0 Å². The van der Waals surface area contributed by atoms with Crippen LogP contribution in [0.3, 0.4) is 0 Å². The summed E-state index contributed by atoms with van der Waals surface area (Å²) >= 11 is 15.7. The van der Waals surface area contributed by atoms with Crippen LogP contribution in [-0.2, 0) is 4.74 Å². The number of hydrogen-bond acceptors (Lipinski definition) is 7. The van der Waals surface area contributed by atoms with Crippen molar-refractivity contribution in [2.45, 2.75) is 19.9 Å². The van der Waals surface area contributed by atoms with E-state index in [1.807, 2.05) is 13.0 Å². The third-order valence-electron chi connectivity index (χ3n) is 4.75. The Bertz CT molecular complexity index is 1330. The molecule has 4 aromatic rings. The summed E-state index contributed by atoms with van der Waals surface area (Å²) in [6.45, 7) is 3.97. The maximum absolute atomic E-state index is 12.0. The molecule has 9 nitrogen and oxygen atoms in total. The number of ether oxygens (including phenoxy) is 2. The van der Waals surface area contributed by atoms with Crippen LogP contribution in [0.2, 0.25) is 10.0 Å². The zero-order chi connectivity index (χ0) is 23.0. The molecular weight excluding hydrogens is 555 g/mol. The van der Waals surface area contributed by atoms with Crippen molar-refractivity contribution in [2.75, 3.05) is 13.7 Å². The van der Waals surface area contributed by atoms with Crippen molar-refractivity contribution >= 4 is 69.6 Å². The van der Waals surface area contributed by atoms with E-state index >= 15 is 0 Å². The van der Waals surface area contributed by atoms with Gasteiger partial charge in [-0.25, -0.2) is 19.1 Å². The van der Waals surface area contributed by atoms with Crippen LogP contribution in [0.25, 0.3) is 17.0 Å². The Morgan fingerprint density at radius 2 is 2.00 bits per heavy atom. The monoisotopic (exact) mass is 572 g/mol. The second-order valence-corrected chi connectivity index (χ2v) is 8.27. The molecule has 33 heavy (non-hydrogen) atoms. The average molecular weight is 574 g/mol. The third kappa shape index (κ3) is 4.81. The van der Waals surface area contributed by atoms with Crippen LogP contribution in [0.5, 0.6) is 5.88 Å². The van der Waals surface area contributed by atoms with Crippen molar-refractivity contribution in [1.82, 2.24) is 29.5 Å². The number of nitrogens with zero attached hydrogens (tertiary/aromatic N) is 6. The van der Waals surface area contributed by atoms with Gasteiger partial charge in [0.2, 0.25) is 5.88 Å². The van der Waals surface area contributed by atoms with Crippen LogP contribution in [0, 0.1) is 0 Å². The minimum Gasteiger partial charge on any atom is -0.479 e. The topological polar surface area (TPSA) is 96.9 Å². The summed E-state index contributed by atoms with van der Waals surface area (Å²) < 4.78 is 14.2. The van der Waals surface area contributed by atoms with E-state index < -0.39 is 5.97 Å². The normalized spacial score (nSPS) is 11.8. The molecule has 4 rings (SSSR count). The number of esters is 1. The quantitative estimate of drug-likeness (QED) is 0.300. The fourth-order valence-corrected chi connectivity index (χ4v) is 3.91. The van der Waals surface area contributed by atoms with E-state index in [9.17, 15) is 4.79 Å². The number of carbonyl (C=O) groups excluding carboxylic acids is 1. The van der Waals surface area contributed by atoms with Gasteiger partial charge in [-0.15, -0.1) is 0 Å². The van der Waals surface area contributed by atoms with Crippen molar-refractivity contribution in [3.05, 3.63) is 56.4 Å². The molecule has 0 saturated heterocycles. The number of aromatic nitrogens is 6. The zero-order valence-corrected chi connectivity index (χ0v) is 21.8. The number of rotatable bonds is 6. The van der Waals surface area contributed by atoms with Gasteiger partial charge in [-0.3, -0.25) is 0 Å². The molecule has 0 N–H and O–H groups in total. The molecule has 0 spiro atoms. The summed E-state index contributed by atoms with van der Waals surface area (Å²) in [6, 6.07) is 5.18. The second kappa shape index (κ2) is 10.3. The Morgan fingerprint density at radius 1 is 1.24 bits per heavy atom. The number of hydrogen-bond donors (Lipinski definition) is 0. The summed E-state index contributed by atoms with van der Waals surface area (Å²) in [6.07, 6.45) is 2.89. The molecule has 3 aromatic heterocycles. The lowest BCUT2D eigenvalue weighted by molar-refractivity contribution is 0.0526. The summed E-state index contributed by atoms with van der Waals surface area (Å²) in [4.78, 5) is 21.0. The molecule has 0 radical (unpaired) electrons. The molecule has 0 saturated carbocycles. The molecule has 0 fully saturated rings. The van der Waals surface area contributed by atoms with Gasteiger partial charge in [-0.1, -0.05) is 29.3 Å². The van der Waals surface area contributed by atoms with E-state index in [1.165, 1.54) is 24.2 Å². The van der Waals surface area contributed by atoms with E-state index in [2.05, 4.69) is 36.1 Å². The zero-order valence-electron chi connectivity index (χ0n) is 17.7. The maximum Gasteiger partial charge on any atom is 0.341 e. The smallest absolute Gasteiger partial charge is 0.341 e. The van der Waals surface area contributed by atoms with Crippen LogP contribution in [0.4, 0.5) is 0 Å². The van der Waals surface area contributed by atoms with Crippen molar-refractivity contribution < 1.29 is 14.3 Å². The first-order valence-electron chi connectivity index (χ1n) is 9.50. The van der Waals surface area contributed by atoms with Crippen molar-refractivity contribution in [2.24, 2.45) is 0 Å². The highest BCUT2D eigenvalue weighted by Crippen LogP contribution is 2.34. The van der Waals surface area contributed by atoms with Gasteiger partial charge >= 0.3 is 5.97 Å². The van der Waals surface area contributed by atoms with Gasteiger partial charge in [-0.05, 0) is 47.5 Å². The lowest BCUT2D eigenvalue weighted by Crippen LogP contribution is -2.11. The molecule has 0 unspecified atom stereocenters. The van der Waals surface area contributed by atoms with E-state index in [0.717, 1.165) is 5.56 Å². The molecule has 1 atom stereocenters. The van der Waals surface area contributed by atoms with Gasteiger partial charge in [0.15, 0.2) is 10.1 Å². The van der Waals surface area contributed by atoms with Crippen LogP contribution < -0.4 is 4.74 Å². The molecule has 0 aliphatic rings. The molecule has 13 heteroatoms. The highest BCUT2D eigenvalue weighted by Gasteiger charge is 2.23. The van der Waals surface area contributed by atoms with Crippen molar-refractivity contribution in [1.29, 1.82) is 0 Å². The lowest BCUT2D eigenvalue weighted by Gasteiger charge is -2.15. The van der Waals surface area contributed by atoms with Crippen molar-refractivity contribution in [3.8, 4) is 11.8 Å². The maximum atomic E-state index is 12.0. The van der Waals surface area contributed by atoms with E-state index in [4.69, 9.17) is 32.7 Å². The Hall–Kier alpha value is -2.34. The van der Waals surface area contributed by atoms with Gasteiger partial charge in [0.25, 0.3) is 5.95 Å². The van der Waals surface area contributed by atoms with Crippen LogP contribution in [0.15, 0.2) is 35.2 Å². The lowest BCUT2D eigenvalue weighted by atomic mass is 10.1. The Morgan fingerprint density at radius 3 is 2.67 bits per heavy atom. The summed E-state index contributed by atoms with van der Waals surface area (Å²) in [5, 5.41) is 9.69. The van der Waals surface area contributed by atoms with E-state index in [1.54, 1.807) is 23.7 Å². The average Bonchev–Trinajstić information content (AvgIpc) is 3.40. The first-order chi connectivity index (χ1) is 15.3. The van der Waals surface area contributed by atoms with E-state index in [0.29, 0.717) is 31.6 Å². The molecule has 174 valence electrons. The van der Waals surface area contributed by atoms with Gasteiger partial charge in [0.05, 0.1) is 41.6 Å². The Kier molecular flexibility index (Phi) is 7.88. The van der Waals surface area contributed by atoms with Gasteiger partial charge in [0, 0.05) is 6.20 Å². The first-order valence-corrected chi connectivity index (χ1v) is 11.1. The number of fused-ring (bicyclic) bond motifs is 1. The summed E-state index contributed by atoms with van der Waals surface area (Å²) in [7, 11) is 1.51. The predicted octanol–water partition coefficient (Wildman–Crippen LogP) is 4.99. The molecule has 0 aliphatic carbocycles. The van der Waals surface area contributed by atoms with Gasteiger partial charge in [-0.2, -0.15) is 28.7 Å². The summed E-state index contributed by atoms with van der Waals surface area (Å²) in [5.41, 5.74) is 2.29. The molecule has 0 bridgehead atoms. The molecule has 1 aromatic carbocycles. The highest BCUT2D eigenvalue weighted by atomic mass is 79.9. The number of methoxy groups -OCH3 is 1. The van der Waals surface area contributed by atoms with Crippen LogP contribution >= 0.6 is 52.6 Å². The molecular formula is C20H19BrCl2N6O3S. The Balaban J connectivity index is 0.00000306. The number of halogens is 3. The first kappa shape index (κ1) is 25.3. The standard InChI is InChI=1S/C20H17BrCl2N6O3.H2S/c1-4-32-19(30)12-8-24-28(9-12)20-25-15-16(18(26-20)31-3)29(27-17(15)21)10(2)11-5-6-13(22)14(23)7-11;/h5-10H,4H2,1-3H3;1H2/t10-;/m0./s1. The van der Waals surface area contributed by atoms with E-state index in [-0.39, 0.29) is 37.7 Å². The number of carbonyl (C=O) groups is 1. The number of benzene rings is 1. The third-order valence-corrected chi connectivity index (χ3v) is 6.02. The minimum absolute atomic E-state index is 0. The SMILES string of the molecule is CCOC(=O)c1cnn(-c2nc(OC)c3c(n2)c(Br)nn3[C@@H](C)c2ccc(Cl)c(Cl)c2)c1.S. The largest absolute Gasteiger partial charge is 0.479 e. The van der Waals surface area contributed by atoms with Crippen LogP contribution in [0.1, 0.15) is 35.8 Å². The second-order valence-electron chi connectivity index (χ2n) is 6.71. The molecule has 0 amide bonds. The fraction of sp³-hybridized carbons (Fsp3) is 0.250. The fourth-order valence-electron chi connectivity index (χ4n) is 3.16. The predicted molar refractivity (Wildman–Crippen MR) is 133 cm³/mol. The summed E-state index contributed by atoms with van der Waals surface area (Å²) in [5.74, 6) is 0.0341. The van der Waals surface area contributed by atoms with Gasteiger partial charge in [0.1, 0.15) is 5.52 Å². The highest BCUT2D eigenvalue weighted by molar-refractivity contribution is 9.10. The Labute approximate surface area is 214 Å². The van der Waals surface area contributed by atoms with Crippen LogP contribution in [-0.4, -0.2) is 49.2 Å². The molecule has 0 aliphatic heterocycles.